The first-order chi connectivity index (χ1) is 22.5. The van der Waals surface area contributed by atoms with Crippen molar-refractivity contribution in [3.8, 4) is 5.75 Å². The van der Waals surface area contributed by atoms with Crippen LogP contribution >= 0.6 is 11.6 Å². The summed E-state index contributed by atoms with van der Waals surface area (Å²) < 4.78 is 0. The summed E-state index contributed by atoms with van der Waals surface area (Å²) in [5.74, 6) is -3.96. The van der Waals surface area contributed by atoms with Crippen molar-refractivity contribution in [2.75, 3.05) is 23.9 Å². The van der Waals surface area contributed by atoms with Crippen LogP contribution in [0.4, 0.5) is 22.7 Å². The van der Waals surface area contributed by atoms with Crippen LogP contribution in [-0.2, 0) is 19.2 Å². The minimum absolute atomic E-state index is 0.0697. The molecular formula is C37H31ClN4O5. The summed E-state index contributed by atoms with van der Waals surface area (Å²) in [5.41, 5.74) is 4.80. The molecule has 1 saturated heterocycles. The van der Waals surface area contributed by atoms with E-state index in [0.717, 1.165) is 11.3 Å². The fourth-order valence-electron chi connectivity index (χ4n) is 7.35. The van der Waals surface area contributed by atoms with Gasteiger partial charge in [-0.15, -0.1) is 0 Å². The lowest BCUT2D eigenvalue weighted by atomic mass is 9.59. The molecule has 236 valence electrons. The molecule has 3 aliphatic carbocycles. The highest BCUT2D eigenvalue weighted by atomic mass is 35.5. The maximum Gasteiger partial charge on any atom is 0.238 e. The number of phenols is 1. The zero-order chi connectivity index (χ0) is 33.1. The van der Waals surface area contributed by atoms with Gasteiger partial charge in [0.15, 0.2) is 11.6 Å². The van der Waals surface area contributed by atoms with Gasteiger partial charge in [-0.2, -0.15) is 10.2 Å². The Kier molecular flexibility index (Phi) is 7.51. The van der Waals surface area contributed by atoms with Crippen LogP contribution in [-0.4, -0.2) is 42.6 Å². The maximum atomic E-state index is 14.2. The Morgan fingerprint density at radius 3 is 2.19 bits per heavy atom. The van der Waals surface area contributed by atoms with Crippen LogP contribution < -0.4 is 9.80 Å². The fraction of sp³-hybridized carbons (Fsp3) is 0.243. The zero-order valence-corrected chi connectivity index (χ0v) is 26.7. The first-order valence-corrected chi connectivity index (χ1v) is 15.8. The number of carbonyl (C=O) groups is 4. The molecule has 0 aromatic heterocycles. The van der Waals surface area contributed by atoms with E-state index < -0.39 is 23.7 Å². The molecule has 0 unspecified atom stereocenters. The number of phenolic OH excluding ortho intramolecular Hbond substituents is 1. The lowest BCUT2D eigenvalue weighted by molar-refractivity contribution is -0.123. The average Bonchev–Trinajstić information content (AvgIpc) is 3.32. The Balaban J connectivity index is 1.20. The minimum atomic E-state index is -0.773. The van der Waals surface area contributed by atoms with Gasteiger partial charge in [0.1, 0.15) is 5.75 Å². The summed E-state index contributed by atoms with van der Waals surface area (Å²) in [6, 6.07) is 19.0. The molecule has 0 spiro atoms. The molecule has 4 atom stereocenters. The standard InChI is InChI=1S/C37H31ClN4O5/c1-19-16-31(44)34-29(35(19)45)18-27-25(32(34)28-17-20(38)4-15-30(28)43)13-14-26-33(27)37(47)42(36(26)46)24-11-7-22(8-12-24)40-39-21-5-9-23(10-6-21)41(2)3/h4-13,15-17,26-27,32-33,43H,14,18H2,1-3H3/t26-,27+,32+,33-/m0/s1. The van der Waals surface area contributed by atoms with Crippen molar-refractivity contribution in [1.82, 2.24) is 0 Å². The summed E-state index contributed by atoms with van der Waals surface area (Å²) >= 11 is 6.34. The molecule has 1 heterocycles. The van der Waals surface area contributed by atoms with Crippen LogP contribution in [0, 0.1) is 17.8 Å². The summed E-state index contributed by atoms with van der Waals surface area (Å²) in [7, 11) is 3.92. The molecular weight excluding hydrogens is 616 g/mol. The molecule has 3 aromatic rings. The van der Waals surface area contributed by atoms with E-state index in [9.17, 15) is 24.3 Å². The Hall–Kier alpha value is -5.15. The number of rotatable bonds is 5. The second-order valence-electron chi connectivity index (χ2n) is 12.6. The third-order valence-electron chi connectivity index (χ3n) is 9.62. The predicted molar refractivity (Wildman–Crippen MR) is 178 cm³/mol. The smallest absolute Gasteiger partial charge is 0.238 e. The van der Waals surface area contributed by atoms with Crippen LogP contribution in [0.25, 0.3) is 0 Å². The van der Waals surface area contributed by atoms with Crippen molar-refractivity contribution in [2.24, 2.45) is 28.0 Å². The molecule has 4 aliphatic rings. The van der Waals surface area contributed by atoms with E-state index in [0.29, 0.717) is 44.4 Å². The number of imide groups is 1. The van der Waals surface area contributed by atoms with Crippen LogP contribution in [0.15, 0.2) is 111 Å². The third kappa shape index (κ3) is 5.11. The van der Waals surface area contributed by atoms with Crippen LogP contribution in [0.1, 0.15) is 31.2 Å². The van der Waals surface area contributed by atoms with Gasteiger partial charge in [-0.1, -0.05) is 23.3 Å². The first-order valence-electron chi connectivity index (χ1n) is 15.4. The van der Waals surface area contributed by atoms with Crippen LogP contribution in [0.3, 0.4) is 0 Å². The fourth-order valence-corrected chi connectivity index (χ4v) is 7.53. The van der Waals surface area contributed by atoms with E-state index in [1.807, 2.05) is 49.3 Å². The highest BCUT2D eigenvalue weighted by molar-refractivity contribution is 6.30. The van der Waals surface area contributed by atoms with E-state index in [1.165, 1.54) is 17.0 Å². The topological polar surface area (TPSA) is 120 Å². The molecule has 10 heteroatoms. The second-order valence-corrected chi connectivity index (χ2v) is 13.0. The molecule has 3 aromatic carbocycles. The van der Waals surface area contributed by atoms with E-state index in [4.69, 9.17) is 11.6 Å². The molecule has 9 nitrogen and oxygen atoms in total. The number of halogens is 1. The van der Waals surface area contributed by atoms with E-state index in [1.54, 1.807) is 43.3 Å². The molecule has 1 N–H and O–H groups in total. The Morgan fingerprint density at radius 2 is 1.53 bits per heavy atom. The number of benzene rings is 3. The molecule has 47 heavy (non-hydrogen) atoms. The van der Waals surface area contributed by atoms with Gasteiger partial charge in [0.2, 0.25) is 11.8 Å². The molecule has 1 fully saturated rings. The second kappa shape index (κ2) is 11.6. The molecule has 0 radical (unpaired) electrons. The number of aromatic hydroxyl groups is 1. The van der Waals surface area contributed by atoms with Crippen molar-refractivity contribution in [2.45, 2.75) is 25.7 Å². The summed E-state index contributed by atoms with van der Waals surface area (Å²) in [6.07, 6.45) is 3.68. The monoisotopic (exact) mass is 646 g/mol. The van der Waals surface area contributed by atoms with Gasteiger partial charge in [0, 0.05) is 53.0 Å². The highest BCUT2D eigenvalue weighted by Crippen LogP contribution is 2.56. The number of carbonyl (C=O) groups excluding carboxylic acids is 4. The number of allylic oxidation sites excluding steroid dienone is 6. The number of hydrogen-bond donors (Lipinski definition) is 1. The highest BCUT2D eigenvalue weighted by Gasteiger charge is 2.56. The Labute approximate surface area is 276 Å². The molecule has 0 bridgehead atoms. The quantitative estimate of drug-likeness (QED) is 0.136. The van der Waals surface area contributed by atoms with Crippen molar-refractivity contribution in [3.63, 3.8) is 0 Å². The van der Waals surface area contributed by atoms with Gasteiger partial charge >= 0.3 is 0 Å². The summed E-state index contributed by atoms with van der Waals surface area (Å²) in [4.78, 5) is 58.2. The van der Waals surface area contributed by atoms with Gasteiger partial charge in [-0.25, -0.2) is 0 Å². The van der Waals surface area contributed by atoms with Crippen molar-refractivity contribution in [1.29, 1.82) is 0 Å². The molecule has 0 saturated carbocycles. The first kappa shape index (κ1) is 30.5. The number of nitrogens with zero attached hydrogens (tertiary/aromatic N) is 4. The maximum absolute atomic E-state index is 14.2. The number of fused-ring (bicyclic) bond motifs is 3. The zero-order valence-electron chi connectivity index (χ0n) is 26.0. The number of ketones is 2. The number of azo groups is 1. The van der Waals surface area contributed by atoms with Gasteiger partial charge in [-0.3, -0.25) is 24.1 Å². The van der Waals surface area contributed by atoms with E-state index in [2.05, 4.69) is 10.2 Å². The summed E-state index contributed by atoms with van der Waals surface area (Å²) in [5, 5.41) is 19.9. The molecule has 7 rings (SSSR count). The van der Waals surface area contributed by atoms with Crippen molar-refractivity contribution >= 4 is 57.7 Å². The number of anilines is 2. The average molecular weight is 647 g/mol. The minimum Gasteiger partial charge on any atom is -0.508 e. The van der Waals surface area contributed by atoms with Crippen LogP contribution in [0.5, 0.6) is 5.75 Å². The van der Waals surface area contributed by atoms with Gasteiger partial charge in [-0.05, 0) is 98.5 Å². The third-order valence-corrected chi connectivity index (χ3v) is 9.85. The van der Waals surface area contributed by atoms with Gasteiger partial charge in [0.25, 0.3) is 0 Å². The van der Waals surface area contributed by atoms with Gasteiger partial charge < -0.3 is 10.0 Å². The van der Waals surface area contributed by atoms with E-state index in [-0.39, 0.29) is 42.0 Å². The van der Waals surface area contributed by atoms with Crippen LogP contribution in [0.2, 0.25) is 5.02 Å². The lowest BCUT2D eigenvalue weighted by Gasteiger charge is -2.42. The van der Waals surface area contributed by atoms with Gasteiger partial charge in [0.05, 0.1) is 28.9 Å². The van der Waals surface area contributed by atoms with Crippen molar-refractivity contribution in [3.05, 3.63) is 112 Å². The molecule has 2 amide bonds. The molecule has 1 aliphatic heterocycles. The number of hydrogen-bond acceptors (Lipinski definition) is 8. The van der Waals surface area contributed by atoms with Crippen molar-refractivity contribution < 1.29 is 24.3 Å². The Morgan fingerprint density at radius 1 is 0.872 bits per heavy atom. The normalized spacial score (nSPS) is 23.9. The SMILES string of the molecule is CC1=CC(=O)C2=C(C[C@@H]3C(=CC[C@@H]4C(=O)N(c5ccc(N=Nc6ccc(N(C)C)cc6)cc5)C(=O)[C@@H]43)[C@@H]2c2cc(Cl)ccc2O)C1=O. The Bertz CT molecular complexity index is 1990. The predicted octanol–water partition coefficient (Wildman–Crippen LogP) is 7.16. The lowest BCUT2D eigenvalue weighted by Crippen LogP contribution is -2.39. The summed E-state index contributed by atoms with van der Waals surface area (Å²) in [6.45, 7) is 1.60. The number of amides is 2. The van der Waals surface area contributed by atoms with E-state index >= 15 is 0 Å². The largest absolute Gasteiger partial charge is 0.508 e. The number of Topliss-reactive ketones (excluding diaryl/α,β-unsaturated/α-hetero) is 1.